The van der Waals surface area contributed by atoms with Gasteiger partial charge in [0.1, 0.15) is 11.8 Å². The van der Waals surface area contributed by atoms with Crippen molar-refractivity contribution in [2.24, 2.45) is 5.92 Å². The first kappa shape index (κ1) is 21.9. The maximum Gasteiger partial charge on any atom is 0.261 e. The average Bonchev–Trinajstić information content (AvgIpc) is 2.96. The van der Waals surface area contributed by atoms with Gasteiger partial charge in [0.25, 0.3) is 5.91 Å². The second-order valence-corrected chi connectivity index (χ2v) is 8.34. The normalized spacial score (nSPS) is 16.6. The van der Waals surface area contributed by atoms with Gasteiger partial charge < -0.3 is 15.0 Å². The van der Waals surface area contributed by atoms with Gasteiger partial charge in [-0.1, -0.05) is 56.3 Å². The molecule has 0 spiro atoms. The lowest BCUT2D eigenvalue weighted by atomic mass is 10.0. The second kappa shape index (κ2) is 10.8. The predicted molar refractivity (Wildman–Crippen MR) is 118 cm³/mol. The van der Waals surface area contributed by atoms with E-state index in [1.807, 2.05) is 30.3 Å². The van der Waals surface area contributed by atoms with Crippen LogP contribution in [0.4, 0.5) is 0 Å². The summed E-state index contributed by atoms with van der Waals surface area (Å²) >= 11 is 0. The Labute approximate surface area is 179 Å². The largest absolute Gasteiger partial charge is 0.484 e. The van der Waals surface area contributed by atoms with E-state index in [9.17, 15) is 9.59 Å². The minimum absolute atomic E-state index is 0.0722. The summed E-state index contributed by atoms with van der Waals surface area (Å²) in [5.41, 5.74) is 2.30. The molecule has 1 heterocycles. The van der Waals surface area contributed by atoms with Crippen molar-refractivity contribution in [1.82, 2.24) is 10.2 Å². The smallest absolute Gasteiger partial charge is 0.261 e. The number of hydrogen-bond donors (Lipinski definition) is 1. The summed E-state index contributed by atoms with van der Waals surface area (Å²) in [6, 6.07) is 17.2. The lowest BCUT2D eigenvalue weighted by Gasteiger charge is -2.30. The Morgan fingerprint density at radius 1 is 1.07 bits per heavy atom. The van der Waals surface area contributed by atoms with E-state index < -0.39 is 6.04 Å². The van der Waals surface area contributed by atoms with Gasteiger partial charge in [0, 0.05) is 13.1 Å². The van der Waals surface area contributed by atoms with Gasteiger partial charge >= 0.3 is 0 Å². The van der Waals surface area contributed by atoms with E-state index in [1.54, 1.807) is 4.90 Å². The molecule has 3 rings (SSSR count). The first-order valence-electron chi connectivity index (χ1n) is 10.9. The average molecular weight is 409 g/mol. The van der Waals surface area contributed by atoms with Crippen molar-refractivity contribution < 1.29 is 14.3 Å². The van der Waals surface area contributed by atoms with E-state index in [0.717, 1.165) is 24.8 Å². The minimum Gasteiger partial charge on any atom is -0.484 e. The van der Waals surface area contributed by atoms with Gasteiger partial charge in [-0.05, 0) is 54.9 Å². The number of hydrogen-bond acceptors (Lipinski definition) is 3. The number of ether oxygens (including phenoxy) is 1. The van der Waals surface area contributed by atoms with Gasteiger partial charge in [-0.15, -0.1) is 0 Å². The van der Waals surface area contributed by atoms with E-state index in [0.29, 0.717) is 31.2 Å². The molecular weight excluding hydrogens is 376 g/mol. The quantitative estimate of drug-likeness (QED) is 0.719. The van der Waals surface area contributed by atoms with Crippen LogP contribution in [0.15, 0.2) is 54.6 Å². The fourth-order valence-corrected chi connectivity index (χ4v) is 3.79. The number of benzene rings is 2. The summed E-state index contributed by atoms with van der Waals surface area (Å²) in [7, 11) is 0. The van der Waals surface area contributed by atoms with Crippen molar-refractivity contribution in [3.05, 3.63) is 65.7 Å². The highest BCUT2D eigenvalue weighted by Gasteiger charge is 2.31. The van der Waals surface area contributed by atoms with Gasteiger partial charge in [0.15, 0.2) is 6.61 Å². The number of nitrogens with zero attached hydrogens (tertiary/aromatic N) is 1. The van der Waals surface area contributed by atoms with Crippen LogP contribution in [-0.4, -0.2) is 35.9 Å². The number of nitrogens with one attached hydrogen (secondary N) is 1. The van der Waals surface area contributed by atoms with E-state index in [1.165, 1.54) is 5.56 Å². The minimum atomic E-state index is -0.463. The first-order valence-corrected chi connectivity index (χ1v) is 10.9. The molecule has 1 aliphatic heterocycles. The van der Waals surface area contributed by atoms with Gasteiger partial charge in [0.05, 0.1) is 0 Å². The van der Waals surface area contributed by atoms with Crippen molar-refractivity contribution in [1.29, 1.82) is 0 Å². The van der Waals surface area contributed by atoms with Crippen LogP contribution in [0.3, 0.4) is 0 Å². The van der Waals surface area contributed by atoms with Crippen LogP contribution in [-0.2, 0) is 22.6 Å². The van der Waals surface area contributed by atoms with Crippen LogP contribution in [0.2, 0.25) is 0 Å². The van der Waals surface area contributed by atoms with Gasteiger partial charge in [-0.2, -0.15) is 0 Å². The van der Waals surface area contributed by atoms with Crippen LogP contribution in [0.25, 0.3) is 0 Å². The molecule has 0 unspecified atom stereocenters. The topological polar surface area (TPSA) is 58.6 Å². The fraction of sp³-hybridized carbons (Fsp3) is 0.440. The maximum atomic E-state index is 13.1. The Bertz CT molecular complexity index is 818. The first-order chi connectivity index (χ1) is 14.5. The van der Waals surface area contributed by atoms with E-state index >= 15 is 0 Å². The van der Waals surface area contributed by atoms with E-state index in [4.69, 9.17) is 4.74 Å². The Morgan fingerprint density at radius 2 is 1.77 bits per heavy atom. The summed E-state index contributed by atoms with van der Waals surface area (Å²) in [5, 5.41) is 2.95. The standard InChI is InChI=1S/C25H32N2O3/c1-19(2)16-20-11-13-21(14-12-20)17-27(23-10-6-7-15-26-25(23)29)24(28)18-30-22-8-4-3-5-9-22/h3-5,8-9,11-14,19,23H,6-7,10,15-18H2,1-2H3,(H,26,29)/t23-/m0/s1. The number of rotatable bonds is 8. The third kappa shape index (κ3) is 6.34. The predicted octanol–water partition coefficient (Wildman–Crippen LogP) is 3.96. The van der Waals surface area contributed by atoms with Gasteiger partial charge in [-0.25, -0.2) is 0 Å². The zero-order valence-electron chi connectivity index (χ0n) is 18.0. The molecule has 5 nitrogen and oxygen atoms in total. The Balaban J connectivity index is 1.74. The number of carbonyl (C=O) groups excluding carboxylic acids is 2. The highest BCUT2D eigenvalue weighted by Crippen LogP contribution is 2.18. The summed E-state index contributed by atoms with van der Waals surface area (Å²) in [6.45, 7) is 5.38. The Kier molecular flexibility index (Phi) is 7.89. The summed E-state index contributed by atoms with van der Waals surface area (Å²) in [5.74, 6) is 0.997. The van der Waals surface area contributed by atoms with Crippen LogP contribution in [0.1, 0.15) is 44.2 Å². The van der Waals surface area contributed by atoms with Crippen molar-refractivity contribution in [2.45, 2.75) is 52.1 Å². The molecule has 2 aromatic rings. The van der Waals surface area contributed by atoms with Crippen molar-refractivity contribution in [2.75, 3.05) is 13.2 Å². The zero-order chi connectivity index (χ0) is 21.3. The molecule has 160 valence electrons. The van der Waals surface area contributed by atoms with Crippen LogP contribution in [0, 0.1) is 5.92 Å². The molecule has 1 saturated heterocycles. The Hall–Kier alpha value is -2.82. The molecule has 1 N–H and O–H groups in total. The molecule has 1 fully saturated rings. The highest BCUT2D eigenvalue weighted by molar-refractivity contribution is 5.88. The fourth-order valence-electron chi connectivity index (χ4n) is 3.79. The third-order valence-electron chi connectivity index (χ3n) is 5.33. The molecule has 5 heteroatoms. The molecule has 0 aromatic heterocycles. The molecule has 0 saturated carbocycles. The molecule has 1 atom stereocenters. The van der Waals surface area contributed by atoms with E-state index in [2.05, 4.69) is 43.4 Å². The molecule has 2 amide bonds. The molecule has 2 aromatic carbocycles. The van der Waals surface area contributed by atoms with Crippen molar-refractivity contribution in [3.63, 3.8) is 0 Å². The monoisotopic (exact) mass is 408 g/mol. The summed E-state index contributed by atoms with van der Waals surface area (Å²) in [4.78, 5) is 27.4. The zero-order valence-corrected chi connectivity index (χ0v) is 18.0. The molecule has 0 radical (unpaired) electrons. The number of para-hydroxylation sites is 1. The number of amides is 2. The van der Waals surface area contributed by atoms with E-state index in [-0.39, 0.29) is 18.4 Å². The SMILES string of the molecule is CC(C)Cc1ccc(CN(C(=O)COc2ccccc2)[C@H]2CCCCNC2=O)cc1. The third-order valence-corrected chi connectivity index (χ3v) is 5.33. The van der Waals surface area contributed by atoms with Crippen LogP contribution >= 0.6 is 0 Å². The lowest BCUT2D eigenvalue weighted by molar-refractivity contribution is -0.142. The molecule has 0 aliphatic carbocycles. The summed E-state index contributed by atoms with van der Waals surface area (Å²) in [6.07, 6.45) is 3.56. The Morgan fingerprint density at radius 3 is 2.47 bits per heavy atom. The maximum absolute atomic E-state index is 13.1. The lowest BCUT2D eigenvalue weighted by Crippen LogP contribution is -2.49. The molecule has 1 aliphatic rings. The van der Waals surface area contributed by atoms with Gasteiger partial charge in [-0.3, -0.25) is 9.59 Å². The second-order valence-electron chi connectivity index (χ2n) is 8.34. The van der Waals surface area contributed by atoms with Gasteiger partial charge in [0.2, 0.25) is 5.91 Å². The van der Waals surface area contributed by atoms with Crippen LogP contribution < -0.4 is 10.1 Å². The highest BCUT2D eigenvalue weighted by atomic mass is 16.5. The number of carbonyl (C=O) groups is 2. The molecule has 0 bridgehead atoms. The van der Waals surface area contributed by atoms with Crippen molar-refractivity contribution in [3.8, 4) is 5.75 Å². The summed E-state index contributed by atoms with van der Waals surface area (Å²) < 4.78 is 5.68. The molecule has 30 heavy (non-hydrogen) atoms. The molecular formula is C25H32N2O3. The van der Waals surface area contributed by atoms with Crippen molar-refractivity contribution >= 4 is 11.8 Å². The van der Waals surface area contributed by atoms with Crippen LogP contribution in [0.5, 0.6) is 5.75 Å².